The molecule has 2 rings (SSSR count). The summed E-state index contributed by atoms with van der Waals surface area (Å²) in [6, 6.07) is 14.4. The smallest absolute Gasteiger partial charge is 0.242 e. The van der Waals surface area contributed by atoms with E-state index >= 15 is 0 Å². The number of hydrogen-bond acceptors (Lipinski definition) is 2. The van der Waals surface area contributed by atoms with Crippen LogP contribution in [0, 0.1) is 0 Å². The standard InChI is InChI=1S/C20H22Cl2N2O2/c1-14(20(26)23-2)24(11-10-15-6-4-3-5-7-15)19(25)13-16-8-9-17(21)18(22)12-16/h3-9,12,14H,10-11,13H2,1-2H3,(H,23,26)/t14-/m1/s1. The molecule has 1 N–H and O–H groups in total. The van der Waals surface area contributed by atoms with Gasteiger partial charge in [-0.25, -0.2) is 0 Å². The Kier molecular flexibility index (Phi) is 7.49. The highest BCUT2D eigenvalue weighted by Crippen LogP contribution is 2.23. The zero-order chi connectivity index (χ0) is 19.1. The molecule has 0 unspecified atom stereocenters. The van der Waals surface area contributed by atoms with Crippen LogP contribution in [0.5, 0.6) is 0 Å². The van der Waals surface area contributed by atoms with E-state index in [1.165, 1.54) is 0 Å². The van der Waals surface area contributed by atoms with Gasteiger partial charge in [-0.3, -0.25) is 9.59 Å². The summed E-state index contributed by atoms with van der Waals surface area (Å²) in [5, 5.41) is 3.46. The van der Waals surface area contributed by atoms with Gasteiger partial charge in [0.15, 0.2) is 0 Å². The Labute approximate surface area is 164 Å². The number of likely N-dealkylation sites (N-methyl/N-ethyl adjacent to an activating group) is 1. The molecule has 2 amide bonds. The van der Waals surface area contributed by atoms with E-state index in [4.69, 9.17) is 23.2 Å². The molecule has 1 atom stereocenters. The Balaban J connectivity index is 2.14. The highest BCUT2D eigenvalue weighted by molar-refractivity contribution is 6.42. The van der Waals surface area contributed by atoms with Gasteiger partial charge in [-0.2, -0.15) is 0 Å². The predicted octanol–water partition coefficient (Wildman–Crippen LogP) is 3.74. The molecule has 0 fully saturated rings. The average molecular weight is 393 g/mol. The van der Waals surface area contributed by atoms with Crippen LogP contribution < -0.4 is 5.32 Å². The van der Waals surface area contributed by atoms with Gasteiger partial charge in [-0.1, -0.05) is 59.6 Å². The number of amides is 2. The number of carbonyl (C=O) groups is 2. The van der Waals surface area contributed by atoms with E-state index in [1.807, 2.05) is 30.3 Å². The number of nitrogens with zero attached hydrogens (tertiary/aromatic N) is 1. The third-order valence-corrected chi connectivity index (χ3v) is 4.98. The molecule has 0 saturated carbocycles. The van der Waals surface area contributed by atoms with Crippen LogP contribution in [0.4, 0.5) is 0 Å². The lowest BCUT2D eigenvalue weighted by atomic mass is 10.1. The molecule has 2 aromatic carbocycles. The minimum Gasteiger partial charge on any atom is -0.357 e. The van der Waals surface area contributed by atoms with Crippen LogP contribution >= 0.6 is 23.2 Å². The number of hydrogen-bond donors (Lipinski definition) is 1. The Bertz CT molecular complexity index is 766. The van der Waals surface area contributed by atoms with Gasteiger partial charge in [-0.15, -0.1) is 0 Å². The fraction of sp³-hybridized carbons (Fsp3) is 0.300. The monoisotopic (exact) mass is 392 g/mol. The first-order valence-electron chi connectivity index (χ1n) is 8.41. The Morgan fingerprint density at radius 1 is 1.04 bits per heavy atom. The molecular formula is C20H22Cl2N2O2. The lowest BCUT2D eigenvalue weighted by Crippen LogP contribution is -2.48. The summed E-state index contributed by atoms with van der Waals surface area (Å²) in [6.45, 7) is 2.19. The van der Waals surface area contributed by atoms with Crippen molar-refractivity contribution in [2.45, 2.75) is 25.8 Å². The molecule has 0 aliphatic heterocycles. The Morgan fingerprint density at radius 3 is 2.35 bits per heavy atom. The van der Waals surface area contributed by atoms with Crippen molar-refractivity contribution in [1.29, 1.82) is 0 Å². The summed E-state index contributed by atoms with van der Waals surface area (Å²) in [4.78, 5) is 26.5. The maximum absolute atomic E-state index is 12.9. The molecule has 4 nitrogen and oxygen atoms in total. The van der Waals surface area contributed by atoms with E-state index in [9.17, 15) is 9.59 Å². The molecule has 0 radical (unpaired) electrons. The summed E-state index contributed by atoms with van der Waals surface area (Å²) < 4.78 is 0. The lowest BCUT2D eigenvalue weighted by Gasteiger charge is -2.28. The molecule has 0 spiro atoms. The summed E-state index contributed by atoms with van der Waals surface area (Å²) in [5.41, 5.74) is 1.88. The van der Waals surface area contributed by atoms with E-state index in [-0.39, 0.29) is 18.2 Å². The van der Waals surface area contributed by atoms with Crippen molar-refractivity contribution in [3.8, 4) is 0 Å². The molecule has 0 heterocycles. The van der Waals surface area contributed by atoms with Crippen molar-refractivity contribution in [1.82, 2.24) is 10.2 Å². The predicted molar refractivity (Wildman–Crippen MR) is 106 cm³/mol. The van der Waals surface area contributed by atoms with Gasteiger partial charge >= 0.3 is 0 Å². The van der Waals surface area contributed by atoms with Crippen molar-refractivity contribution in [2.24, 2.45) is 0 Å². The first kappa shape index (κ1) is 20.3. The summed E-state index contributed by atoms with van der Waals surface area (Å²) in [7, 11) is 1.57. The van der Waals surface area contributed by atoms with Crippen molar-refractivity contribution < 1.29 is 9.59 Å². The fourth-order valence-electron chi connectivity index (χ4n) is 2.70. The third-order valence-electron chi connectivity index (χ3n) is 4.24. The maximum Gasteiger partial charge on any atom is 0.242 e. The van der Waals surface area contributed by atoms with Crippen LogP contribution in [-0.4, -0.2) is 36.3 Å². The van der Waals surface area contributed by atoms with Crippen molar-refractivity contribution >= 4 is 35.0 Å². The van der Waals surface area contributed by atoms with Crippen LogP contribution in [-0.2, 0) is 22.4 Å². The van der Waals surface area contributed by atoms with E-state index in [0.29, 0.717) is 23.0 Å². The van der Waals surface area contributed by atoms with Crippen molar-refractivity contribution in [3.05, 3.63) is 69.7 Å². The lowest BCUT2D eigenvalue weighted by molar-refractivity contribution is -0.139. The van der Waals surface area contributed by atoms with Gasteiger partial charge in [0.2, 0.25) is 11.8 Å². The molecule has 0 aliphatic carbocycles. The van der Waals surface area contributed by atoms with Crippen molar-refractivity contribution in [3.63, 3.8) is 0 Å². The number of rotatable bonds is 7. The van der Waals surface area contributed by atoms with E-state index < -0.39 is 6.04 Å². The second-order valence-electron chi connectivity index (χ2n) is 6.04. The normalized spacial score (nSPS) is 11.7. The van der Waals surface area contributed by atoms with Gasteiger partial charge in [-0.05, 0) is 36.6 Å². The van der Waals surface area contributed by atoms with Gasteiger partial charge < -0.3 is 10.2 Å². The highest BCUT2D eigenvalue weighted by atomic mass is 35.5. The summed E-state index contributed by atoms with van der Waals surface area (Å²) in [6.07, 6.45) is 0.836. The molecule has 0 saturated heterocycles. The fourth-order valence-corrected chi connectivity index (χ4v) is 3.03. The van der Waals surface area contributed by atoms with Crippen LogP contribution in [0.3, 0.4) is 0 Å². The molecule has 0 aliphatic rings. The zero-order valence-electron chi connectivity index (χ0n) is 14.8. The summed E-state index contributed by atoms with van der Waals surface area (Å²) >= 11 is 12.0. The highest BCUT2D eigenvalue weighted by Gasteiger charge is 2.25. The Hall–Kier alpha value is -2.04. The zero-order valence-corrected chi connectivity index (χ0v) is 16.3. The quantitative estimate of drug-likeness (QED) is 0.779. The topological polar surface area (TPSA) is 49.4 Å². The maximum atomic E-state index is 12.9. The van der Waals surface area contributed by atoms with E-state index in [0.717, 1.165) is 11.1 Å². The number of nitrogens with one attached hydrogen (secondary N) is 1. The third kappa shape index (κ3) is 5.48. The Morgan fingerprint density at radius 2 is 1.73 bits per heavy atom. The van der Waals surface area contributed by atoms with Crippen LogP contribution in [0.15, 0.2) is 48.5 Å². The number of benzene rings is 2. The first-order chi connectivity index (χ1) is 12.4. The van der Waals surface area contributed by atoms with Gasteiger partial charge in [0, 0.05) is 13.6 Å². The minimum absolute atomic E-state index is 0.129. The van der Waals surface area contributed by atoms with Gasteiger partial charge in [0.25, 0.3) is 0 Å². The molecule has 0 aromatic heterocycles. The number of carbonyl (C=O) groups excluding carboxylic acids is 2. The number of halogens is 2. The molecule has 2 aromatic rings. The van der Waals surface area contributed by atoms with Gasteiger partial charge in [0.1, 0.15) is 6.04 Å². The second-order valence-corrected chi connectivity index (χ2v) is 6.85. The van der Waals surface area contributed by atoms with Crippen LogP contribution in [0.25, 0.3) is 0 Å². The van der Waals surface area contributed by atoms with Gasteiger partial charge in [0.05, 0.1) is 16.5 Å². The van der Waals surface area contributed by atoms with Crippen LogP contribution in [0.2, 0.25) is 10.0 Å². The van der Waals surface area contributed by atoms with E-state index in [1.54, 1.807) is 37.1 Å². The molecule has 0 bridgehead atoms. The molecular weight excluding hydrogens is 371 g/mol. The second kappa shape index (κ2) is 9.60. The largest absolute Gasteiger partial charge is 0.357 e. The molecule has 138 valence electrons. The minimum atomic E-state index is -0.556. The van der Waals surface area contributed by atoms with E-state index in [2.05, 4.69) is 5.32 Å². The first-order valence-corrected chi connectivity index (χ1v) is 9.17. The molecule has 6 heteroatoms. The van der Waals surface area contributed by atoms with Crippen molar-refractivity contribution in [2.75, 3.05) is 13.6 Å². The molecule has 26 heavy (non-hydrogen) atoms. The van der Waals surface area contributed by atoms with Crippen LogP contribution in [0.1, 0.15) is 18.1 Å². The summed E-state index contributed by atoms with van der Waals surface area (Å²) in [5.74, 6) is -0.323. The SMILES string of the molecule is CNC(=O)[C@@H](C)N(CCc1ccccc1)C(=O)Cc1ccc(Cl)c(Cl)c1. The average Bonchev–Trinajstić information content (AvgIpc) is 2.65.